The molecule has 25 heavy (non-hydrogen) atoms. The Kier molecular flexibility index (Phi) is 5.42. The summed E-state index contributed by atoms with van der Waals surface area (Å²) in [6.07, 6.45) is 0. The highest BCUT2D eigenvalue weighted by Gasteiger charge is 2.05. The van der Waals surface area contributed by atoms with Crippen LogP contribution in [-0.4, -0.2) is 6.54 Å². The van der Waals surface area contributed by atoms with E-state index in [0.717, 1.165) is 30.2 Å². The number of nitrogen functional groups attached to an aromatic ring is 1. The van der Waals surface area contributed by atoms with Crippen molar-refractivity contribution < 1.29 is 0 Å². The van der Waals surface area contributed by atoms with Crippen molar-refractivity contribution in [3.05, 3.63) is 84.4 Å². The summed E-state index contributed by atoms with van der Waals surface area (Å²) < 4.78 is 0. The number of nitrogens with zero attached hydrogens (tertiary/aromatic N) is 3. The van der Waals surface area contributed by atoms with Gasteiger partial charge in [0.2, 0.25) is 0 Å². The van der Waals surface area contributed by atoms with Gasteiger partial charge in [-0.1, -0.05) is 30.3 Å². The van der Waals surface area contributed by atoms with E-state index in [1.54, 1.807) is 0 Å². The molecule has 0 heterocycles. The molecule has 0 radical (unpaired) electrons. The van der Waals surface area contributed by atoms with E-state index in [2.05, 4.69) is 58.5 Å². The lowest BCUT2D eigenvalue weighted by Gasteiger charge is -2.23. The number of benzene rings is 3. The monoisotopic (exact) mass is 330 g/mol. The number of hydrogen-bond acceptors (Lipinski definition) is 4. The van der Waals surface area contributed by atoms with Gasteiger partial charge >= 0.3 is 0 Å². The number of rotatable bonds is 6. The molecule has 0 aliphatic heterocycles. The van der Waals surface area contributed by atoms with Crippen LogP contribution in [0.3, 0.4) is 0 Å². The predicted molar refractivity (Wildman–Crippen MR) is 105 cm³/mol. The van der Waals surface area contributed by atoms with E-state index in [4.69, 9.17) is 5.73 Å². The van der Waals surface area contributed by atoms with Crippen molar-refractivity contribution in [2.45, 2.75) is 13.5 Å². The van der Waals surface area contributed by atoms with Crippen LogP contribution in [0.25, 0.3) is 0 Å². The lowest BCUT2D eigenvalue weighted by Crippen LogP contribution is -2.21. The van der Waals surface area contributed by atoms with Gasteiger partial charge in [0, 0.05) is 24.5 Å². The molecule has 3 rings (SSSR count). The molecule has 3 aromatic rings. The summed E-state index contributed by atoms with van der Waals surface area (Å²) in [7, 11) is 0. The fourth-order valence-electron chi connectivity index (χ4n) is 2.58. The standard InChI is InChI=1S/C21H22N4/c1-2-25(16-17-6-4-3-5-7-17)21-14-12-20(13-15-21)24-23-19-10-8-18(22)9-11-19/h3-15H,2,16,22H2,1H3. The maximum absolute atomic E-state index is 5.67. The van der Waals surface area contributed by atoms with Crippen molar-refractivity contribution >= 4 is 22.7 Å². The number of anilines is 2. The number of azo groups is 1. The Morgan fingerprint density at radius 2 is 1.32 bits per heavy atom. The fourth-order valence-corrected chi connectivity index (χ4v) is 2.58. The number of hydrogen-bond donors (Lipinski definition) is 1. The van der Waals surface area contributed by atoms with Gasteiger partial charge in [0.25, 0.3) is 0 Å². The van der Waals surface area contributed by atoms with Gasteiger partial charge in [0.15, 0.2) is 0 Å². The quantitative estimate of drug-likeness (QED) is 0.465. The van der Waals surface area contributed by atoms with E-state index in [1.165, 1.54) is 11.3 Å². The average molecular weight is 330 g/mol. The topological polar surface area (TPSA) is 54.0 Å². The SMILES string of the molecule is CCN(Cc1ccccc1)c1ccc(N=Nc2ccc(N)cc2)cc1. The molecule has 0 fully saturated rings. The normalized spacial score (nSPS) is 10.9. The Labute approximate surface area is 148 Å². The fraction of sp³-hybridized carbons (Fsp3) is 0.143. The van der Waals surface area contributed by atoms with Crippen LogP contribution in [0.4, 0.5) is 22.7 Å². The Bertz CT molecular complexity index is 809. The molecule has 0 saturated carbocycles. The second-order valence-electron chi connectivity index (χ2n) is 5.81. The Morgan fingerprint density at radius 3 is 1.88 bits per heavy atom. The molecule has 0 unspecified atom stereocenters. The minimum Gasteiger partial charge on any atom is -0.399 e. The summed E-state index contributed by atoms with van der Waals surface area (Å²) in [6.45, 7) is 4.00. The summed E-state index contributed by atoms with van der Waals surface area (Å²) in [6, 6.07) is 26.0. The third kappa shape index (κ3) is 4.67. The zero-order chi connectivity index (χ0) is 17.5. The van der Waals surface area contributed by atoms with Gasteiger partial charge in [-0.05, 0) is 61.0 Å². The molecule has 3 aromatic carbocycles. The molecular formula is C21H22N4. The molecule has 4 nitrogen and oxygen atoms in total. The van der Waals surface area contributed by atoms with Crippen molar-refractivity contribution in [1.29, 1.82) is 0 Å². The van der Waals surface area contributed by atoms with Gasteiger partial charge in [0.1, 0.15) is 0 Å². The summed E-state index contributed by atoms with van der Waals surface area (Å²) in [5.41, 5.74) is 10.5. The van der Waals surface area contributed by atoms with Crippen LogP contribution in [0.1, 0.15) is 12.5 Å². The van der Waals surface area contributed by atoms with Gasteiger partial charge < -0.3 is 10.6 Å². The van der Waals surface area contributed by atoms with E-state index >= 15 is 0 Å². The van der Waals surface area contributed by atoms with E-state index in [9.17, 15) is 0 Å². The Morgan fingerprint density at radius 1 is 0.760 bits per heavy atom. The van der Waals surface area contributed by atoms with E-state index in [0.29, 0.717) is 0 Å². The molecule has 0 amide bonds. The van der Waals surface area contributed by atoms with Crippen LogP contribution >= 0.6 is 0 Å². The van der Waals surface area contributed by atoms with Crippen LogP contribution in [0.2, 0.25) is 0 Å². The largest absolute Gasteiger partial charge is 0.399 e. The number of nitrogens with two attached hydrogens (primary N) is 1. The average Bonchev–Trinajstić information content (AvgIpc) is 2.67. The van der Waals surface area contributed by atoms with E-state index in [-0.39, 0.29) is 0 Å². The summed E-state index contributed by atoms with van der Waals surface area (Å²) >= 11 is 0. The summed E-state index contributed by atoms with van der Waals surface area (Å²) in [5.74, 6) is 0. The van der Waals surface area contributed by atoms with Crippen molar-refractivity contribution in [1.82, 2.24) is 0 Å². The van der Waals surface area contributed by atoms with Crippen LogP contribution in [-0.2, 0) is 6.54 Å². The van der Waals surface area contributed by atoms with Crippen LogP contribution in [0.15, 0.2) is 89.1 Å². The molecule has 2 N–H and O–H groups in total. The van der Waals surface area contributed by atoms with E-state index in [1.807, 2.05) is 42.5 Å². The second kappa shape index (κ2) is 8.11. The smallest absolute Gasteiger partial charge is 0.0858 e. The highest BCUT2D eigenvalue weighted by molar-refractivity contribution is 5.53. The van der Waals surface area contributed by atoms with Gasteiger partial charge in [0.05, 0.1) is 11.4 Å². The van der Waals surface area contributed by atoms with Crippen molar-refractivity contribution in [2.24, 2.45) is 10.2 Å². The third-order valence-electron chi connectivity index (χ3n) is 3.99. The van der Waals surface area contributed by atoms with Gasteiger partial charge in [-0.3, -0.25) is 0 Å². The van der Waals surface area contributed by atoms with E-state index < -0.39 is 0 Å². The zero-order valence-corrected chi connectivity index (χ0v) is 14.3. The van der Waals surface area contributed by atoms with Gasteiger partial charge in [-0.15, -0.1) is 0 Å². The van der Waals surface area contributed by atoms with Crippen LogP contribution in [0.5, 0.6) is 0 Å². The minimum absolute atomic E-state index is 0.723. The molecule has 4 heteroatoms. The Hall–Kier alpha value is -3.14. The highest BCUT2D eigenvalue weighted by atomic mass is 15.1. The van der Waals surface area contributed by atoms with Gasteiger partial charge in [-0.25, -0.2) is 0 Å². The Balaban J connectivity index is 1.69. The van der Waals surface area contributed by atoms with Gasteiger partial charge in [-0.2, -0.15) is 10.2 Å². The minimum atomic E-state index is 0.723. The molecule has 0 bridgehead atoms. The van der Waals surface area contributed by atoms with Crippen molar-refractivity contribution in [3.63, 3.8) is 0 Å². The maximum atomic E-state index is 5.67. The van der Waals surface area contributed by atoms with Crippen molar-refractivity contribution in [2.75, 3.05) is 17.2 Å². The molecule has 0 atom stereocenters. The first-order valence-corrected chi connectivity index (χ1v) is 8.41. The molecule has 0 saturated heterocycles. The first-order valence-electron chi connectivity index (χ1n) is 8.41. The molecular weight excluding hydrogens is 308 g/mol. The van der Waals surface area contributed by atoms with Crippen molar-refractivity contribution in [3.8, 4) is 0 Å². The molecule has 0 aromatic heterocycles. The van der Waals surface area contributed by atoms with Crippen LogP contribution < -0.4 is 10.6 Å². The summed E-state index contributed by atoms with van der Waals surface area (Å²) in [4.78, 5) is 2.33. The molecule has 0 aliphatic carbocycles. The third-order valence-corrected chi connectivity index (χ3v) is 3.99. The first-order chi connectivity index (χ1) is 12.2. The second-order valence-corrected chi connectivity index (χ2v) is 5.81. The molecule has 0 aliphatic rings. The lowest BCUT2D eigenvalue weighted by molar-refractivity contribution is 0.832. The van der Waals surface area contributed by atoms with Crippen LogP contribution in [0, 0.1) is 0 Å². The molecule has 0 spiro atoms. The maximum Gasteiger partial charge on any atom is 0.0858 e. The zero-order valence-electron chi connectivity index (χ0n) is 14.3. The lowest BCUT2D eigenvalue weighted by atomic mass is 10.2. The first kappa shape index (κ1) is 16.7. The predicted octanol–water partition coefficient (Wildman–Crippen LogP) is 5.71. The molecule has 126 valence electrons. The highest BCUT2D eigenvalue weighted by Crippen LogP contribution is 2.23. The summed E-state index contributed by atoms with van der Waals surface area (Å²) in [5, 5.41) is 8.52.